The van der Waals surface area contributed by atoms with E-state index >= 15 is 0 Å². The van der Waals surface area contributed by atoms with Gasteiger partial charge in [-0.05, 0) is 61.6 Å². The van der Waals surface area contributed by atoms with E-state index in [1.54, 1.807) is 12.1 Å². The van der Waals surface area contributed by atoms with Gasteiger partial charge in [0.25, 0.3) is 0 Å². The second-order valence-electron chi connectivity index (χ2n) is 5.53. The highest BCUT2D eigenvalue weighted by molar-refractivity contribution is 5.78. The molecule has 0 heterocycles. The van der Waals surface area contributed by atoms with Gasteiger partial charge >= 0.3 is 5.97 Å². The molecule has 2 nitrogen and oxygen atoms in total. The smallest absolute Gasteiger partial charge is 0.311 e. The van der Waals surface area contributed by atoms with Crippen LogP contribution in [0.1, 0.15) is 33.7 Å². The van der Waals surface area contributed by atoms with Crippen LogP contribution < -0.4 is 0 Å². The van der Waals surface area contributed by atoms with E-state index in [1.165, 1.54) is 12.1 Å². The summed E-state index contributed by atoms with van der Waals surface area (Å²) in [6.45, 7) is 5.88. The predicted octanol–water partition coefficient (Wildman–Crippen LogP) is 4.16. The third kappa shape index (κ3) is 3.48. The van der Waals surface area contributed by atoms with Crippen molar-refractivity contribution in [1.82, 2.24) is 0 Å². The van der Waals surface area contributed by atoms with E-state index in [9.17, 15) is 14.3 Å². The van der Waals surface area contributed by atoms with Gasteiger partial charge in [0.1, 0.15) is 5.82 Å². The van der Waals surface area contributed by atoms with E-state index in [-0.39, 0.29) is 5.82 Å². The second kappa shape index (κ2) is 6.08. The van der Waals surface area contributed by atoms with Gasteiger partial charge in [-0.25, -0.2) is 4.39 Å². The van der Waals surface area contributed by atoms with Crippen molar-refractivity contribution >= 4 is 5.97 Å². The summed E-state index contributed by atoms with van der Waals surface area (Å²) < 4.78 is 13.0. The standard InChI is InChI=1S/C18H19FO2/c1-11-8-12(2)17(13(3)9-11)16(18(20)21)10-14-4-6-15(19)7-5-14/h4-9,16H,10H2,1-3H3,(H,20,21). The van der Waals surface area contributed by atoms with Crippen LogP contribution in [-0.4, -0.2) is 11.1 Å². The monoisotopic (exact) mass is 286 g/mol. The molecule has 0 fully saturated rings. The zero-order chi connectivity index (χ0) is 15.6. The first-order chi connectivity index (χ1) is 9.88. The predicted molar refractivity (Wildman–Crippen MR) is 81.1 cm³/mol. The number of aliphatic carboxylic acids is 1. The van der Waals surface area contributed by atoms with E-state index in [0.717, 1.165) is 27.8 Å². The van der Waals surface area contributed by atoms with Crippen LogP contribution in [-0.2, 0) is 11.2 Å². The lowest BCUT2D eigenvalue weighted by Crippen LogP contribution is -2.17. The molecule has 0 bridgehead atoms. The zero-order valence-corrected chi connectivity index (χ0v) is 12.5. The van der Waals surface area contributed by atoms with Gasteiger partial charge in [0.15, 0.2) is 0 Å². The molecular weight excluding hydrogens is 267 g/mol. The van der Waals surface area contributed by atoms with Crippen molar-refractivity contribution in [3.05, 3.63) is 70.0 Å². The van der Waals surface area contributed by atoms with Crippen LogP contribution in [0.15, 0.2) is 36.4 Å². The summed E-state index contributed by atoms with van der Waals surface area (Å²) in [4.78, 5) is 11.7. The highest BCUT2D eigenvalue weighted by atomic mass is 19.1. The Bertz CT molecular complexity index is 636. The summed E-state index contributed by atoms with van der Waals surface area (Å²) in [6.07, 6.45) is 0.361. The molecule has 1 unspecified atom stereocenters. The maximum absolute atomic E-state index is 13.0. The molecule has 0 aliphatic carbocycles. The topological polar surface area (TPSA) is 37.3 Å². The second-order valence-corrected chi connectivity index (χ2v) is 5.53. The summed E-state index contributed by atoms with van der Waals surface area (Å²) in [7, 11) is 0. The van der Waals surface area contributed by atoms with Gasteiger partial charge in [0.05, 0.1) is 5.92 Å². The first-order valence-electron chi connectivity index (χ1n) is 6.93. The molecule has 1 N–H and O–H groups in total. The molecule has 110 valence electrons. The largest absolute Gasteiger partial charge is 0.481 e. The fraction of sp³-hybridized carbons (Fsp3) is 0.278. The zero-order valence-electron chi connectivity index (χ0n) is 12.5. The maximum Gasteiger partial charge on any atom is 0.311 e. The minimum atomic E-state index is -0.852. The molecular formula is C18H19FO2. The molecule has 0 saturated heterocycles. The van der Waals surface area contributed by atoms with E-state index in [0.29, 0.717) is 6.42 Å². The Morgan fingerprint density at radius 2 is 1.62 bits per heavy atom. The van der Waals surface area contributed by atoms with E-state index < -0.39 is 11.9 Å². The van der Waals surface area contributed by atoms with Gasteiger partial charge in [-0.15, -0.1) is 0 Å². The van der Waals surface area contributed by atoms with Crippen molar-refractivity contribution < 1.29 is 14.3 Å². The lowest BCUT2D eigenvalue weighted by molar-refractivity contribution is -0.138. The summed E-state index contributed by atoms with van der Waals surface area (Å²) in [6, 6.07) is 10.0. The Morgan fingerprint density at radius 1 is 1.10 bits per heavy atom. The van der Waals surface area contributed by atoms with Crippen molar-refractivity contribution in [3.63, 3.8) is 0 Å². The van der Waals surface area contributed by atoms with E-state index in [4.69, 9.17) is 0 Å². The molecule has 0 spiro atoms. The van der Waals surface area contributed by atoms with Crippen molar-refractivity contribution in [1.29, 1.82) is 0 Å². The summed E-state index contributed by atoms with van der Waals surface area (Å²) >= 11 is 0. The molecule has 0 amide bonds. The summed E-state index contributed by atoms with van der Waals surface area (Å²) in [5, 5.41) is 9.59. The van der Waals surface area contributed by atoms with Gasteiger partial charge in [0.2, 0.25) is 0 Å². The molecule has 0 aliphatic heterocycles. The Hall–Kier alpha value is -2.16. The van der Waals surface area contributed by atoms with Crippen LogP contribution in [0.4, 0.5) is 4.39 Å². The Morgan fingerprint density at radius 3 is 2.10 bits per heavy atom. The third-order valence-corrected chi connectivity index (χ3v) is 3.74. The lowest BCUT2D eigenvalue weighted by Gasteiger charge is -2.19. The molecule has 21 heavy (non-hydrogen) atoms. The number of rotatable bonds is 4. The van der Waals surface area contributed by atoms with Gasteiger partial charge in [-0.2, -0.15) is 0 Å². The van der Waals surface area contributed by atoms with Crippen molar-refractivity contribution in [2.75, 3.05) is 0 Å². The van der Waals surface area contributed by atoms with Crippen LogP contribution in [0, 0.1) is 26.6 Å². The molecule has 0 aromatic heterocycles. The van der Waals surface area contributed by atoms with Crippen molar-refractivity contribution in [2.24, 2.45) is 0 Å². The Kier molecular flexibility index (Phi) is 4.41. The number of carbonyl (C=O) groups is 1. The van der Waals surface area contributed by atoms with Gasteiger partial charge in [-0.3, -0.25) is 4.79 Å². The van der Waals surface area contributed by atoms with Gasteiger partial charge in [0, 0.05) is 0 Å². The highest BCUT2D eigenvalue weighted by Crippen LogP contribution is 2.28. The normalized spacial score (nSPS) is 12.2. The van der Waals surface area contributed by atoms with Crippen LogP contribution >= 0.6 is 0 Å². The van der Waals surface area contributed by atoms with Crippen LogP contribution in [0.2, 0.25) is 0 Å². The molecule has 2 rings (SSSR count). The van der Waals surface area contributed by atoms with Crippen molar-refractivity contribution in [2.45, 2.75) is 33.1 Å². The van der Waals surface area contributed by atoms with E-state index in [1.807, 2.05) is 32.9 Å². The van der Waals surface area contributed by atoms with Crippen molar-refractivity contribution in [3.8, 4) is 0 Å². The number of carboxylic acids is 1. The molecule has 0 radical (unpaired) electrons. The fourth-order valence-corrected chi connectivity index (χ4v) is 2.91. The number of aryl methyl sites for hydroxylation is 3. The van der Waals surface area contributed by atoms with Crippen LogP contribution in [0.5, 0.6) is 0 Å². The Labute approximate surface area is 124 Å². The number of hydrogen-bond donors (Lipinski definition) is 1. The molecule has 0 aliphatic rings. The third-order valence-electron chi connectivity index (χ3n) is 3.74. The maximum atomic E-state index is 13.0. The van der Waals surface area contributed by atoms with Gasteiger partial charge in [-0.1, -0.05) is 29.8 Å². The minimum Gasteiger partial charge on any atom is -0.481 e. The molecule has 0 saturated carbocycles. The number of benzene rings is 2. The first kappa shape index (κ1) is 15.2. The molecule has 3 heteroatoms. The highest BCUT2D eigenvalue weighted by Gasteiger charge is 2.24. The molecule has 2 aromatic carbocycles. The average molecular weight is 286 g/mol. The van der Waals surface area contributed by atoms with Crippen LogP contribution in [0.3, 0.4) is 0 Å². The fourth-order valence-electron chi connectivity index (χ4n) is 2.91. The SMILES string of the molecule is Cc1cc(C)c(C(Cc2ccc(F)cc2)C(=O)O)c(C)c1. The number of hydrogen-bond acceptors (Lipinski definition) is 1. The Balaban J connectivity index is 2.40. The summed E-state index contributed by atoms with van der Waals surface area (Å²) in [5.41, 5.74) is 4.78. The molecule has 1 atom stereocenters. The minimum absolute atomic E-state index is 0.312. The van der Waals surface area contributed by atoms with Crippen LogP contribution in [0.25, 0.3) is 0 Å². The molecule has 2 aromatic rings. The average Bonchev–Trinajstić information content (AvgIpc) is 2.38. The number of halogens is 1. The lowest BCUT2D eigenvalue weighted by atomic mass is 9.85. The number of carboxylic acid groups (broad SMARTS) is 1. The van der Waals surface area contributed by atoms with Gasteiger partial charge < -0.3 is 5.11 Å². The quantitative estimate of drug-likeness (QED) is 0.916. The first-order valence-corrected chi connectivity index (χ1v) is 6.93. The van der Waals surface area contributed by atoms with E-state index in [2.05, 4.69) is 0 Å². The summed E-state index contributed by atoms with van der Waals surface area (Å²) in [5.74, 6) is -1.78.